The molecule has 4 rings (SSSR count). The van der Waals surface area contributed by atoms with Gasteiger partial charge in [-0.15, -0.1) is 0 Å². The van der Waals surface area contributed by atoms with Gasteiger partial charge in [-0.2, -0.15) is 5.01 Å². The first-order chi connectivity index (χ1) is 15.2. The number of amides is 7. The Balaban J connectivity index is 1.45. The van der Waals surface area contributed by atoms with E-state index < -0.39 is 47.4 Å². The van der Waals surface area contributed by atoms with E-state index in [2.05, 4.69) is 16.1 Å². The number of nitrogens with one attached hydrogen (secondary N) is 3. The molecular weight excluding hydrogens is 418 g/mol. The van der Waals surface area contributed by atoms with Crippen LogP contribution in [0, 0.1) is 0 Å². The molecular formula is C21H25N5O6. The van der Waals surface area contributed by atoms with Crippen molar-refractivity contribution in [3.63, 3.8) is 0 Å². The molecule has 170 valence electrons. The average molecular weight is 443 g/mol. The van der Waals surface area contributed by atoms with Gasteiger partial charge in [0.25, 0.3) is 17.7 Å². The van der Waals surface area contributed by atoms with Crippen molar-refractivity contribution in [1.82, 2.24) is 26.0 Å². The maximum atomic E-state index is 13.0. The minimum atomic E-state index is -1.42. The zero-order valence-corrected chi connectivity index (χ0v) is 17.9. The van der Waals surface area contributed by atoms with Crippen molar-refractivity contribution in [1.29, 1.82) is 0 Å². The van der Waals surface area contributed by atoms with Crippen LogP contribution in [0.4, 0.5) is 9.59 Å². The summed E-state index contributed by atoms with van der Waals surface area (Å²) in [5.74, 6) is -1.48. The Morgan fingerprint density at radius 1 is 1.06 bits per heavy atom. The monoisotopic (exact) mass is 443 g/mol. The van der Waals surface area contributed by atoms with E-state index in [4.69, 9.17) is 4.74 Å². The molecule has 7 amide bonds. The molecule has 11 nitrogen and oxygen atoms in total. The predicted octanol–water partition coefficient (Wildman–Crippen LogP) is 0.748. The van der Waals surface area contributed by atoms with Crippen molar-refractivity contribution in [2.24, 2.45) is 0 Å². The van der Waals surface area contributed by atoms with Crippen LogP contribution in [0.3, 0.4) is 0 Å². The van der Waals surface area contributed by atoms with Crippen LogP contribution in [0.15, 0.2) is 24.3 Å². The van der Waals surface area contributed by atoms with E-state index in [-0.39, 0.29) is 0 Å². The molecule has 1 saturated carbocycles. The number of nitrogens with zero attached hydrogens (tertiary/aromatic N) is 2. The lowest BCUT2D eigenvalue weighted by Gasteiger charge is -2.30. The normalized spacial score (nSPS) is 24.6. The van der Waals surface area contributed by atoms with Gasteiger partial charge >= 0.3 is 12.1 Å². The Kier molecular flexibility index (Phi) is 5.27. The van der Waals surface area contributed by atoms with Crippen LogP contribution in [0.1, 0.15) is 44.6 Å². The first-order valence-electron chi connectivity index (χ1n) is 10.4. The fraction of sp³-hybridized carbons (Fsp3) is 0.476. The van der Waals surface area contributed by atoms with Gasteiger partial charge in [-0.1, -0.05) is 31.4 Å². The molecule has 2 aliphatic heterocycles. The molecule has 1 spiro atoms. The van der Waals surface area contributed by atoms with Crippen molar-refractivity contribution in [2.75, 3.05) is 13.7 Å². The van der Waals surface area contributed by atoms with E-state index in [0.717, 1.165) is 24.2 Å². The molecule has 3 N–H and O–H groups in total. The highest BCUT2D eigenvalue weighted by Crippen LogP contribution is 2.34. The fourth-order valence-corrected chi connectivity index (χ4v) is 4.49. The molecule has 1 aromatic carbocycles. The summed E-state index contributed by atoms with van der Waals surface area (Å²) < 4.78 is 5.17. The number of methoxy groups -OCH3 is 1. The second kappa shape index (κ2) is 7.81. The molecule has 0 radical (unpaired) electrons. The number of benzene rings is 1. The number of urea groups is 2. The van der Waals surface area contributed by atoms with Crippen molar-refractivity contribution in [2.45, 2.75) is 50.1 Å². The van der Waals surface area contributed by atoms with Crippen LogP contribution in [0.5, 0.6) is 5.75 Å². The van der Waals surface area contributed by atoms with Crippen molar-refractivity contribution >= 4 is 29.8 Å². The number of hydrogen-bond acceptors (Lipinski definition) is 6. The Labute approximate surface area is 184 Å². The van der Waals surface area contributed by atoms with E-state index >= 15 is 0 Å². The third kappa shape index (κ3) is 3.43. The quantitative estimate of drug-likeness (QED) is 0.575. The summed E-state index contributed by atoms with van der Waals surface area (Å²) in [6.45, 7) is 0.914. The van der Waals surface area contributed by atoms with E-state index in [1.54, 1.807) is 24.3 Å². The maximum absolute atomic E-state index is 13.0. The van der Waals surface area contributed by atoms with Gasteiger partial charge in [-0.3, -0.25) is 24.7 Å². The number of hydrogen-bond donors (Lipinski definition) is 3. The summed E-state index contributed by atoms with van der Waals surface area (Å²) in [5, 5.41) is 5.85. The first kappa shape index (κ1) is 21.6. The molecule has 1 unspecified atom stereocenters. The van der Waals surface area contributed by atoms with E-state index in [1.807, 2.05) is 0 Å². The largest absolute Gasteiger partial charge is 0.497 e. The van der Waals surface area contributed by atoms with Gasteiger partial charge in [0.2, 0.25) is 0 Å². The van der Waals surface area contributed by atoms with Crippen molar-refractivity contribution in [3.8, 4) is 5.75 Å². The fourth-order valence-electron chi connectivity index (χ4n) is 4.49. The number of rotatable bonds is 5. The number of imide groups is 2. The molecule has 11 heteroatoms. The number of carbonyl (C=O) groups is 5. The third-order valence-electron chi connectivity index (χ3n) is 6.33. The van der Waals surface area contributed by atoms with Gasteiger partial charge in [0.15, 0.2) is 0 Å². The van der Waals surface area contributed by atoms with Crippen molar-refractivity contribution < 1.29 is 28.7 Å². The summed E-state index contributed by atoms with van der Waals surface area (Å²) in [7, 11) is 1.48. The lowest BCUT2D eigenvalue weighted by atomic mass is 9.82. The second-order valence-corrected chi connectivity index (χ2v) is 8.43. The van der Waals surface area contributed by atoms with Crippen LogP contribution in [-0.4, -0.2) is 58.9 Å². The molecule has 0 aromatic heterocycles. The average Bonchev–Trinajstić information content (AvgIpc) is 3.14. The minimum absolute atomic E-state index is 0.448. The lowest BCUT2D eigenvalue weighted by Crippen LogP contribution is -2.52. The summed E-state index contributed by atoms with van der Waals surface area (Å²) in [6, 6.07) is 5.17. The molecule has 3 aliphatic rings. The van der Waals surface area contributed by atoms with Gasteiger partial charge in [-0.05, 0) is 37.5 Å². The molecule has 2 heterocycles. The summed E-state index contributed by atoms with van der Waals surface area (Å²) in [4.78, 5) is 64.1. The van der Waals surface area contributed by atoms with E-state index in [0.29, 0.717) is 29.2 Å². The van der Waals surface area contributed by atoms with Gasteiger partial charge in [-0.25, -0.2) is 9.59 Å². The Morgan fingerprint density at radius 2 is 1.78 bits per heavy atom. The molecule has 3 fully saturated rings. The summed E-state index contributed by atoms with van der Waals surface area (Å²) >= 11 is 0. The van der Waals surface area contributed by atoms with Gasteiger partial charge in [0, 0.05) is 0 Å². The molecule has 2 saturated heterocycles. The minimum Gasteiger partial charge on any atom is -0.497 e. The Morgan fingerprint density at radius 3 is 2.47 bits per heavy atom. The highest BCUT2D eigenvalue weighted by molar-refractivity contribution is 6.10. The molecule has 1 aliphatic carbocycles. The topological polar surface area (TPSA) is 137 Å². The van der Waals surface area contributed by atoms with E-state index in [1.165, 1.54) is 14.0 Å². The second-order valence-electron chi connectivity index (χ2n) is 8.43. The zero-order valence-electron chi connectivity index (χ0n) is 17.9. The van der Waals surface area contributed by atoms with Crippen LogP contribution in [0.2, 0.25) is 0 Å². The molecule has 1 atom stereocenters. The molecule has 1 aromatic rings. The smallest absolute Gasteiger partial charge is 0.344 e. The predicted molar refractivity (Wildman–Crippen MR) is 110 cm³/mol. The number of carbonyl (C=O) groups excluding carboxylic acids is 5. The summed E-state index contributed by atoms with van der Waals surface area (Å²) in [5.41, 5.74) is 0.310. The SMILES string of the molecule is COc1cccc(C2(C)NC(=O)N(NC(=O)CN3C(=O)NC4(CCCCC4)C3=O)C2=O)c1. The highest BCUT2D eigenvalue weighted by Gasteiger charge is 2.53. The zero-order chi connectivity index (χ0) is 23.1. The maximum Gasteiger partial charge on any atom is 0.344 e. The highest BCUT2D eigenvalue weighted by atomic mass is 16.5. The summed E-state index contributed by atoms with van der Waals surface area (Å²) in [6.07, 6.45) is 3.68. The number of hydrazine groups is 1. The van der Waals surface area contributed by atoms with Crippen molar-refractivity contribution in [3.05, 3.63) is 29.8 Å². The lowest BCUT2D eigenvalue weighted by molar-refractivity contribution is -0.141. The van der Waals surface area contributed by atoms with Crippen LogP contribution in [0.25, 0.3) is 0 Å². The van der Waals surface area contributed by atoms with Crippen LogP contribution >= 0.6 is 0 Å². The Bertz CT molecular complexity index is 1000. The molecule has 0 bridgehead atoms. The van der Waals surface area contributed by atoms with Crippen LogP contribution < -0.4 is 20.8 Å². The van der Waals surface area contributed by atoms with Gasteiger partial charge in [0.1, 0.15) is 23.4 Å². The first-order valence-corrected chi connectivity index (χ1v) is 10.4. The van der Waals surface area contributed by atoms with Gasteiger partial charge < -0.3 is 15.4 Å². The van der Waals surface area contributed by atoms with Gasteiger partial charge in [0.05, 0.1) is 7.11 Å². The van der Waals surface area contributed by atoms with Crippen LogP contribution in [-0.2, 0) is 19.9 Å². The molecule has 32 heavy (non-hydrogen) atoms. The third-order valence-corrected chi connectivity index (χ3v) is 6.33. The Hall–Kier alpha value is -3.63. The number of ether oxygens (including phenoxy) is 1. The standard InChI is InChI=1S/C21H25N5O6/c1-20(13-7-6-8-14(11-13)32-2)16(28)26(19(31)22-20)24-15(27)12-25-17(29)21(23-18(25)30)9-4-3-5-10-21/h6-8,11H,3-5,9-10,12H2,1-2H3,(H,22,31)(H,23,30)(H,24,27). The van der Waals surface area contributed by atoms with E-state index in [9.17, 15) is 24.0 Å².